The highest BCUT2D eigenvalue weighted by molar-refractivity contribution is 5.47. The normalized spacial score (nSPS) is 13.4. The van der Waals surface area contributed by atoms with Crippen molar-refractivity contribution in [3.63, 3.8) is 0 Å². The molecule has 0 aliphatic carbocycles. The molecule has 0 bridgehead atoms. The maximum absolute atomic E-state index is 10.3. The van der Waals surface area contributed by atoms with Gasteiger partial charge in [0.2, 0.25) is 0 Å². The van der Waals surface area contributed by atoms with Crippen LogP contribution >= 0.6 is 0 Å². The molecule has 1 aromatic rings. The van der Waals surface area contributed by atoms with Gasteiger partial charge in [0.25, 0.3) is 0 Å². The molecule has 0 amide bonds. The van der Waals surface area contributed by atoms with Crippen molar-refractivity contribution < 1.29 is 5.11 Å². The molecule has 0 aliphatic heterocycles. The molecule has 1 aromatic carbocycles. The molecule has 0 fully saturated rings. The topological polar surface area (TPSA) is 46.2 Å². The van der Waals surface area contributed by atoms with Crippen LogP contribution in [0.15, 0.2) is 12.1 Å². The van der Waals surface area contributed by atoms with Gasteiger partial charge in [0.1, 0.15) is 5.75 Å². The molecule has 0 spiro atoms. The van der Waals surface area contributed by atoms with E-state index in [1.165, 1.54) is 5.56 Å². The smallest absolute Gasteiger partial charge is 0.122 e. The number of phenols is 1. The van der Waals surface area contributed by atoms with Crippen LogP contribution in [-0.4, -0.2) is 11.1 Å². The van der Waals surface area contributed by atoms with Crippen molar-refractivity contribution in [3.05, 3.63) is 28.8 Å². The van der Waals surface area contributed by atoms with Crippen LogP contribution in [0.5, 0.6) is 5.75 Å². The molecule has 0 aromatic heterocycles. The van der Waals surface area contributed by atoms with E-state index < -0.39 is 0 Å². The SMILES string of the molecule is CC(N)Cc1cc(C(C)C)c(O)c(C(C)C)c1. The van der Waals surface area contributed by atoms with Crippen LogP contribution < -0.4 is 5.73 Å². The van der Waals surface area contributed by atoms with Gasteiger partial charge in [-0.3, -0.25) is 0 Å². The minimum atomic E-state index is 0.152. The number of rotatable bonds is 4. The third-order valence-corrected chi connectivity index (χ3v) is 3.03. The quantitative estimate of drug-likeness (QED) is 0.838. The summed E-state index contributed by atoms with van der Waals surface area (Å²) in [6.07, 6.45) is 0.861. The van der Waals surface area contributed by atoms with Crippen molar-refractivity contribution in [3.8, 4) is 5.75 Å². The second-order valence-corrected chi connectivity index (χ2v) is 5.61. The first-order valence-electron chi connectivity index (χ1n) is 6.44. The summed E-state index contributed by atoms with van der Waals surface area (Å²) in [5.41, 5.74) is 9.15. The summed E-state index contributed by atoms with van der Waals surface area (Å²) < 4.78 is 0. The van der Waals surface area contributed by atoms with Gasteiger partial charge in [-0.1, -0.05) is 39.8 Å². The number of aromatic hydroxyl groups is 1. The van der Waals surface area contributed by atoms with Crippen molar-refractivity contribution >= 4 is 0 Å². The fourth-order valence-electron chi connectivity index (χ4n) is 2.11. The van der Waals surface area contributed by atoms with Crippen LogP contribution in [-0.2, 0) is 6.42 Å². The van der Waals surface area contributed by atoms with E-state index in [0.717, 1.165) is 17.5 Å². The van der Waals surface area contributed by atoms with E-state index in [4.69, 9.17) is 5.73 Å². The Balaban J connectivity index is 3.26. The van der Waals surface area contributed by atoms with E-state index in [2.05, 4.69) is 39.8 Å². The molecule has 0 heterocycles. The van der Waals surface area contributed by atoms with Crippen molar-refractivity contribution in [2.75, 3.05) is 0 Å². The van der Waals surface area contributed by atoms with Crippen LogP contribution in [0.25, 0.3) is 0 Å². The van der Waals surface area contributed by atoms with Gasteiger partial charge in [-0.15, -0.1) is 0 Å². The lowest BCUT2D eigenvalue weighted by atomic mass is 9.90. The summed E-state index contributed by atoms with van der Waals surface area (Å²) in [5.74, 6) is 1.13. The van der Waals surface area contributed by atoms with Gasteiger partial charge in [0.05, 0.1) is 0 Å². The Morgan fingerprint density at radius 2 is 1.41 bits per heavy atom. The third-order valence-electron chi connectivity index (χ3n) is 3.03. The maximum Gasteiger partial charge on any atom is 0.122 e. The van der Waals surface area contributed by atoms with Gasteiger partial charge >= 0.3 is 0 Å². The lowest BCUT2D eigenvalue weighted by molar-refractivity contribution is 0.454. The number of nitrogens with two attached hydrogens (primary N) is 1. The molecule has 1 atom stereocenters. The third kappa shape index (κ3) is 3.47. The molecule has 2 heteroatoms. The predicted octanol–water partition coefficient (Wildman–Crippen LogP) is 3.53. The maximum atomic E-state index is 10.3. The van der Waals surface area contributed by atoms with Gasteiger partial charge in [-0.25, -0.2) is 0 Å². The molecule has 0 aliphatic rings. The second-order valence-electron chi connectivity index (χ2n) is 5.61. The molecular formula is C15H25NO. The summed E-state index contributed by atoms with van der Waals surface area (Å²) in [6, 6.07) is 4.34. The number of phenolic OH excluding ortho intramolecular Hbond substituents is 1. The van der Waals surface area contributed by atoms with Gasteiger partial charge in [-0.2, -0.15) is 0 Å². The second kappa shape index (κ2) is 5.54. The van der Waals surface area contributed by atoms with Crippen molar-refractivity contribution in [1.82, 2.24) is 0 Å². The van der Waals surface area contributed by atoms with Crippen molar-refractivity contribution in [2.24, 2.45) is 5.73 Å². The van der Waals surface area contributed by atoms with Crippen LogP contribution in [0.4, 0.5) is 0 Å². The Bertz CT molecular complexity index is 352. The summed E-state index contributed by atoms with van der Waals surface area (Å²) in [4.78, 5) is 0. The van der Waals surface area contributed by atoms with Gasteiger partial charge in [0.15, 0.2) is 0 Å². The zero-order chi connectivity index (χ0) is 13.2. The number of benzene rings is 1. The predicted molar refractivity (Wildman–Crippen MR) is 73.6 cm³/mol. The Kier molecular flexibility index (Phi) is 4.58. The monoisotopic (exact) mass is 235 g/mol. The van der Waals surface area contributed by atoms with Gasteiger partial charge in [0, 0.05) is 6.04 Å². The average Bonchev–Trinajstić information content (AvgIpc) is 2.18. The fourth-order valence-corrected chi connectivity index (χ4v) is 2.11. The fraction of sp³-hybridized carbons (Fsp3) is 0.600. The highest BCUT2D eigenvalue weighted by Gasteiger charge is 2.15. The van der Waals surface area contributed by atoms with E-state index >= 15 is 0 Å². The summed E-state index contributed by atoms with van der Waals surface area (Å²) in [6.45, 7) is 10.4. The van der Waals surface area contributed by atoms with Gasteiger partial charge < -0.3 is 10.8 Å². The van der Waals surface area contributed by atoms with Crippen LogP contribution in [0, 0.1) is 0 Å². The first-order valence-corrected chi connectivity index (χ1v) is 6.44. The van der Waals surface area contributed by atoms with Gasteiger partial charge in [-0.05, 0) is 41.9 Å². The molecule has 3 N–H and O–H groups in total. The number of hydrogen-bond acceptors (Lipinski definition) is 2. The highest BCUT2D eigenvalue weighted by Crippen LogP contribution is 2.34. The molecule has 96 valence electrons. The lowest BCUT2D eigenvalue weighted by Gasteiger charge is -2.18. The molecule has 0 saturated heterocycles. The average molecular weight is 235 g/mol. The van der Waals surface area contributed by atoms with E-state index in [1.807, 2.05) is 6.92 Å². The summed E-state index contributed by atoms with van der Waals surface area (Å²) in [5, 5.41) is 10.3. The molecule has 0 radical (unpaired) electrons. The molecule has 17 heavy (non-hydrogen) atoms. The van der Waals surface area contributed by atoms with Crippen molar-refractivity contribution in [2.45, 2.75) is 58.9 Å². The summed E-state index contributed by atoms with van der Waals surface area (Å²) in [7, 11) is 0. The van der Waals surface area contributed by atoms with E-state index in [9.17, 15) is 5.11 Å². The minimum absolute atomic E-state index is 0.152. The van der Waals surface area contributed by atoms with Crippen LogP contribution in [0.2, 0.25) is 0 Å². The lowest BCUT2D eigenvalue weighted by Crippen LogP contribution is -2.18. The highest BCUT2D eigenvalue weighted by atomic mass is 16.3. The van der Waals surface area contributed by atoms with Crippen LogP contribution in [0.1, 0.15) is 63.1 Å². The Hall–Kier alpha value is -1.02. The molecular weight excluding hydrogens is 210 g/mol. The number of hydrogen-bond donors (Lipinski definition) is 2. The van der Waals surface area contributed by atoms with E-state index in [0.29, 0.717) is 17.6 Å². The standard InChI is InChI=1S/C15H25NO/c1-9(2)13-7-12(6-11(5)16)8-14(10(3)4)15(13)17/h7-11,17H,6,16H2,1-5H3. The Morgan fingerprint density at radius 3 is 1.71 bits per heavy atom. The largest absolute Gasteiger partial charge is 0.507 e. The molecule has 1 rings (SSSR count). The first kappa shape index (κ1) is 14.0. The molecule has 2 nitrogen and oxygen atoms in total. The Labute approximate surface area is 105 Å². The van der Waals surface area contributed by atoms with Crippen molar-refractivity contribution in [1.29, 1.82) is 0 Å². The zero-order valence-electron chi connectivity index (χ0n) is 11.6. The molecule has 1 unspecified atom stereocenters. The van der Waals surface area contributed by atoms with E-state index in [1.54, 1.807) is 0 Å². The summed E-state index contributed by atoms with van der Waals surface area (Å²) >= 11 is 0. The molecule has 0 saturated carbocycles. The Morgan fingerprint density at radius 1 is 1.00 bits per heavy atom. The first-order chi connectivity index (χ1) is 7.82. The van der Waals surface area contributed by atoms with E-state index in [-0.39, 0.29) is 6.04 Å². The zero-order valence-corrected chi connectivity index (χ0v) is 11.6. The minimum Gasteiger partial charge on any atom is -0.507 e. The van der Waals surface area contributed by atoms with Crippen LogP contribution in [0.3, 0.4) is 0 Å².